The van der Waals surface area contributed by atoms with Crippen LogP contribution in [-0.4, -0.2) is 27.0 Å². The van der Waals surface area contributed by atoms with Crippen molar-refractivity contribution < 1.29 is 14.7 Å². The number of aromatic nitrogens is 2. The minimum absolute atomic E-state index is 0.148. The van der Waals surface area contributed by atoms with Crippen LogP contribution in [0.15, 0.2) is 36.0 Å². The van der Waals surface area contributed by atoms with Gasteiger partial charge in [-0.05, 0) is 12.1 Å². The molecule has 0 aromatic carbocycles. The number of hydrogen-bond acceptors (Lipinski definition) is 5. The van der Waals surface area contributed by atoms with Gasteiger partial charge in [-0.15, -0.1) is 11.3 Å². The van der Waals surface area contributed by atoms with Gasteiger partial charge in [0.25, 0.3) is 5.91 Å². The number of amides is 1. The fourth-order valence-corrected chi connectivity index (χ4v) is 1.87. The van der Waals surface area contributed by atoms with Gasteiger partial charge in [-0.2, -0.15) is 0 Å². The van der Waals surface area contributed by atoms with Crippen LogP contribution in [0.3, 0.4) is 0 Å². The molecule has 0 spiro atoms. The quantitative estimate of drug-likeness (QED) is 0.831. The second-order valence-electron chi connectivity index (χ2n) is 3.40. The third-order valence-electron chi connectivity index (χ3n) is 2.11. The summed E-state index contributed by atoms with van der Waals surface area (Å²) in [4.78, 5) is 30.4. The summed E-state index contributed by atoms with van der Waals surface area (Å²) in [5.41, 5.74) is 0.578. The van der Waals surface area contributed by atoms with Crippen LogP contribution in [0, 0.1) is 0 Å². The van der Waals surface area contributed by atoms with Gasteiger partial charge in [-0.3, -0.25) is 15.1 Å². The van der Waals surface area contributed by atoms with Crippen molar-refractivity contribution in [2.24, 2.45) is 0 Å². The van der Waals surface area contributed by atoms with Gasteiger partial charge >= 0.3 is 5.97 Å². The average molecular weight is 275 g/mol. The predicted molar refractivity (Wildman–Crippen MR) is 71.0 cm³/mol. The second-order valence-corrected chi connectivity index (χ2v) is 4.30. The number of hydrogen-bond donors (Lipinski definition) is 2. The van der Waals surface area contributed by atoms with E-state index in [-0.39, 0.29) is 5.69 Å². The fraction of sp³-hybridized carbons (Fsp3) is 0. The summed E-state index contributed by atoms with van der Waals surface area (Å²) >= 11 is 1.29. The molecule has 2 N–H and O–H groups in total. The van der Waals surface area contributed by atoms with Crippen molar-refractivity contribution in [2.45, 2.75) is 0 Å². The first-order valence-corrected chi connectivity index (χ1v) is 6.11. The normalized spacial score (nSPS) is 10.5. The highest BCUT2D eigenvalue weighted by atomic mass is 32.1. The topological polar surface area (TPSA) is 92.2 Å². The van der Waals surface area contributed by atoms with Crippen molar-refractivity contribution in [3.05, 3.63) is 47.2 Å². The SMILES string of the molecule is O=C(O)/C=C/c1cccnc1C(=O)Nc1nccs1. The van der Waals surface area contributed by atoms with Crippen molar-refractivity contribution >= 4 is 34.4 Å². The smallest absolute Gasteiger partial charge is 0.328 e. The molecular weight excluding hydrogens is 266 g/mol. The Hall–Kier alpha value is -2.54. The third-order valence-corrected chi connectivity index (χ3v) is 2.80. The maximum Gasteiger partial charge on any atom is 0.328 e. The molecule has 0 aliphatic heterocycles. The summed E-state index contributed by atoms with van der Waals surface area (Å²) in [5, 5.41) is 13.4. The number of carbonyl (C=O) groups excluding carboxylic acids is 1. The van der Waals surface area contributed by atoms with Crippen molar-refractivity contribution in [1.29, 1.82) is 0 Å². The highest BCUT2D eigenvalue weighted by Gasteiger charge is 2.12. The molecule has 7 heteroatoms. The summed E-state index contributed by atoms with van der Waals surface area (Å²) in [6.07, 6.45) is 5.32. The van der Waals surface area contributed by atoms with Crippen LogP contribution < -0.4 is 5.32 Å². The lowest BCUT2D eigenvalue weighted by Crippen LogP contribution is -2.14. The molecule has 0 fully saturated rings. The highest BCUT2D eigenvalue weighted by Crippen LogP contribution is 2.14. The Kier molecular flexibility index (Phi) is 3.99. The monoisotopic (exact) mass is 275 g/mol. The maximum absolute atomic E-state index is 12.0. The van der Waals surface area contributed by atoms with E-state index in [1.807, 2.05) is 0 Å². The minimum Gasteiger partial charge on any atom is -0.478 e. The van der Waals surface area contributed by atoms with Gasteiger partial charge in [0.15, 0.2) is 5.13 Å². The van der Waals surface area contributed by atoms with Gasteiger partial charge in [0.2, 0.25) is 0 Å². The van der Waals surface area contributed by atoms with Crippen LogP contribution in [0.25, 0.3) is 6.08 Å². The van der Waals surface area contributed by atoms with Crippen molar-refractivity contribution in [3.8, 4) is 0 Å². The van der Waals surface area contributed by atoms with Gasteiger partial charge in [-0.25, -0.2) is 9.78 Å². The number of carboxylic acids is 1. The molecule has 1 amide bonds. The molecule has 0 aliphatic rings. The van der Waals surface area contributed by atoms with Gasteiger partial charge in [-0.1, -0.05) is 6.07 Å². The van der Waals surface area contributed by atoms with E-state index in [0.717, 1.165) is 6.08 Å². The Morgan fingerprint density at radius 1 is 1.32 bits per heavy atom. The average Bonchev–Trinajstić information content (AvgIpc) is 2.89. The molecule has 6 nitrogen and oxygen atoms in total. The number of carboxylic acid groups (broad SMARTS) is 1. The molecule has 2 rings (SSSR count). The summed E-state index contributed by atoms with van der Waals surface area (Å²) in [7, 11) is 0. The van der Waals surface area contributed by atoms with Gasteiger partial charge in [0.1, 0.15) is 5.69 Å². The zero-order chi connectivity index (χ0) is 13.7. The van der Waals surface area contributed by atoms with Crippen LogP contribution in [-0.2, 0) is 4.79 Å². The molecule has 0 saturated heterocycles. The summed E-state index contributed by atoms with van der Waals surface area (Å²) in [6.45, 7) is 0. The number of nitrogens with one attached hydrogen (secondary N) is 1. The number of rotatable bonds is 4. The van der Waals surface area contributed by atoms with Crippen molar-refractivity contribution in [3.63, 3.8) is 0 Å². The van der Waals surface area contributed by atoms with E-state index < -0.39 is 11.9 Å². The molecule has 19 heavy (non-hydrogen) atoms. The summed E-state index contributed by atoms with van der Waals surface area (Å²) in [6, 6.07) is 3.24. The van der Waals surface area contributed by atoms with Crippen LogP contribution in [0.5, 0.6) is 0 Å². The number of thiazole rings is 1. The Balaban J connectivity index is 2.24. The largest absolute Gasteiger partial charge is 0.478 e. The molecule has 0 saturated carbocycles. The lowest BCUT2D eigenvalue weighted by Gasteiger charge is -2.03. The zero-order valence-corrected chi connectivity index (χ0v) is 10.4. The van der Waals surface area contributed by atoms with Crippen molar-refractivity contribution in [2.75, 3.05) is 5.32 Å². The first kappa shape index (κ1) is 12.9. The molecular formula is C12H9N3O3S. The first-order valence-electron chi connectivity index (χ1n) is 5.23. The fourth-order valence-electron chi connectivity index (χ4n) is 1.34. The maximum atomic E-state index is 12.0. The van der Waals surface area contributed by atoms with Crippen molar-refractivity contribution in [1.82, 2.24) is 9.97 Å². The summed E-state index contributed by atoms with van der Waals surface area (Å²) < 4.78 is 0. The lowest BCUT2D eigenvalue weighted by molar-refractivity contribution is -0.131. The molecule has 2 aromatic rings. The number of nitrogens with zero attached hydrogens (tertiary/aromatic N) is 2. The van der Waals surface area contributed by atoms with E-state index >= 15 is 0 Å². The number of aliphatic carboxylic acids is 1. The van der Waals surface area contributed by atoms with E-state index in [2.05, 4.69) is 15.3 Å². The zero-order valence-electron chi connectivity index (χ0n) is 9.61. The first-order chi connectivity index (χ1) is 9.16. The van der Waals surface area contributed by atoms with Crippen LogP contribution in [0.2, 0.25) is 0 Å². The van der Waals surface area contributed by atoms with Gasteiger partial charge in [0, 0.05) is 29.4 Å². The lowest BCUT2D eigenvalue weighted by atomic mass is 10.1. The highest BCUT2D eigenvalue weighted by molar-refractivity contribution is 7.13. The molecule has 0 atom stereocenters. The Labute approximate surface area is 112 Å². The predicted octanol–water partition coefficient (Wildman–Crippen LogP) is 1.89. The Morgan fingerprint density at radius 3 is 2.84 bits per heavy atom. The molecule has 0 bridgehead atoms. The molecule has 0 radical (unpaired) electrons. The molecule has 2 heterocycles. The molecule has 0 aliphatic carbocycles. The van der Waals surface area contributed by atoms with Crippen LogP contribution >= 0.6 is 11.3 Å². The van der Waals surface area contributed by atoms with E-state index in [1.165, 1.54) is 23.6 Å². The third kappa shape index (κ3) is 3.46. The molecule has 96 valence electrons. The van der Waals surface area contributed by atoms with E-state index in [4.69, 9.17) is 5.11 Å². The Bertz CT molecular complexity index is 623. The standard InChI is InChI=1S/C12H9N3O3S/c16-9(17)4-3-8-2-1-5-13-10(8)11(18)15-12-14-6-7-19-12/h1-7H,(H,16,17)(H,14,15,18)/b4-3+. The van der Waals surface area contributed by atoms with Gasteiger partial charge in [0.05, 0.1) is 0 Å². The van der Waals surface area contributed by atoms with E-state index in [9.17, 15) is 9.59 Å². The second kappa shape index (κ2) is 5.87. The molecule has 0 unspecified atom stereocenters. The van der Waals surface area contributed by atoms with Gasteiger partial charge < -0.3 is 5.11 Å². The minimum atomic E-state index is -1.09. The number of carbonyl (C=O) groups is 2. The van der Waals surface area contributed by atoms with E-state index in [1.54, 1.807) is 23.7 Å². The molecule has 2 aromatic heterocycles. The Morgan fingerprint density at radius 2 is 2.16 bits per heavy atom. The van der Waals surface area contributed by atoms with E-state index in [0.29, 0.717) is 10.7 Å². The number of anilines is 1. The van der Waals surface area contributed by atoms with Crippen LogP contribution in [0.1, 0.15) is 16.1 Å². The summed E-state index contributed by atoms with van der Waals surface area (Å²) in [5.74, 6) is -1.52. The van der Waals surface area contributed by atoms with Crippen LogP contribution in [0.4, 0.5) is 5.13 Å². The number of pyridine rings is 1.